The van der Waals surface area contributed by atoms with E-state index >= 15 is 0 Å². The Morgan fingerprint density at radius 3 is 1.35 bits per heavy atom. The molecular formula is C65H91N. The molecule has 0 spiro atoms. The highest BCUT2D eigenvalue weighted by atomic mass is 15.1. The predicted octanol–water partition coefficient (Wildman–Crippen LogP) is 21.0. The Balaban J connectivity index is 1.40. The zero-order valence-corrected chi connectivity index (χ0v) is 43.8. The summed E-state index contributed by atoms with van der Waals surface area (Å²) < 4.78 is 0. The van der Waals surface area contributed by atoms with Gasteiger partial charge in [0.2, 0.25) is 0 Å². The summed E-state index contributed by atoms with van der Waals surface area (Å²) in [5.74, 6) is 0.548. The molecule has 1 aliphatic carbocycles. The van der Waals surface area contributed by atoms with Gasteiger partial charge in [0.15, 0.2) is 0 Å². The van der Waals surface area contributed by atoms with Crippen LogP contribution in [0.3, 0.4) is 0 Å². The third-order valence-corrected chi connectivity index (χ3v) is 16.1. The number of benzene rings is 5. The fourth-order valence-electron chi connectivity index (χ4n) is 11.2. The van der Waals surface area contributed by atoms with E-state index in [1.54, 1.807) is 11.1 Å². The van der Waals surface area contributed by atoms with Crippen molar-refractivity contribution in [3.63, 3.8) is 0 Å². The minimum Gasteiger partial charge on any atom is -0.311 e. The Morgan fingerprint density at radius 1 is 0.424 bits per heavy atom. The number of anilines is 3. The lowest BCUT2D eigenvalue weighted by Crippen LogP contribution is -2.27. The van der Waals surface area contributed by atoms with E-state index in [1.165, 1.54) is 184 Å². The van der Waals surface area contributed by atoms with Crippen molar-refractivity contribution in [3.8, 4) is 22.3 Å². The molecule has 0 heterocycles. The van der Waals surface area contributed by atoms with Gasteiger partial charge in [0.25, 0.3) is 0 Å². The van der Waals surface area contributed by atoms with Gasteiger partial charge < -0.3 is 4.90 Å². The van der Waals surface area contributed by atoms with Gasteiger partial charge in [-0.3, -0.25) is 0 Å². The van der Waals surface area contributed by atoms with Crippen molar-refractivity contribution in [3.05, 3.63) is 137 Å². The maximum Gasteiger partial charge on any atom is 0.0462 e. The van der Waals surface area contributed by atoms with Crippen molar-refractivity contribution >= 4 is 17.1 Å². The lowest BCUT2D eigenvalue weighted by molar-refractivity contribution is 0.396. The van der Waals surface area contributed by atoms with Gasteiger partial charge in [-0.05, 0) is 141 Å². The molecule has 66 heavy (non-hydrogen) atoms. The smallest absolute Gasteiger partial charge is 0.0462 e. The summed E-state index contributed by atoms with van der Waals surface area (Å²) in [6, 6.07) is 43.6. The van der Waals surface area contributed by atoms with Gasteiger partial charge in [-0.15, -0.1) is 0 Å². The fourth-order valence-corrected chi connectivity index (χ4v) is 11.2. The van der Waals surface area contributed by atoms with Gasteiger partial charge in [-0.25, -0.2) is 0 Å². The van der Waals surface area contributed by atoms with Gasteiger partial charge in [0.1, 0.15) is 0 Å². The first-order chi connectivity index (χ1) is 31.9. The quantitative estimate of drug-likeness (QED) is 0.0452. The standard InChI is InChI=1S/C65H91N/c1-11-16-20-22-24-26-46-65(47-27-25-23-21-17-12-2)61-48-53(32-42-59(61)60-43-35-55(49-62(60)65)64(9,10)45-19-14-4)52-30-38-57(39-31-52)66(56-36-28-51(29-37-56)50(6)15-5)58-40-33-54(34-41-58)63(7,8)44-18-13-3/h28-43,48-50H,11-27,44-47H2,1-10H3. The average Bonchev–Trinajstić information content (AvgIpc) is 3.60. The summed E-state index contributed by atoms with van der Waals surface area (Å²) in [5.41, 5.74) is 17.2. The van der Waals surface area contributed by atoms with E-state index in [0.717, 1.165) is 6.42 Å². The van der Waals surface area contributed by atoms with Crippen LogP contribution in [0.4, 0.5) is 17.1 Å². The molecule has 5 aromatic rings. The van der Waals surface area contributed by atoms with Gasteiger partial charge in [0.05, 0.1) is 0 Å². The van der Waals surface area contributed by atoms with Crippen LogP contribution in [0.5, 0.6) is 0 Å². The molecule has 0 saturated carbocycles. The molecule has 0 saturated heterocycles. The third kappa shape index (κ3) is 12.3. The molecule has 0 radical (unpaired) electrons. The summed E-state index contributed by atoms with van der Waals surface area (Å²) in [6.07, 6.45) is 27.1. The Hall–Kier alpha value is -4.10. The van der Waals surface area contributed by atoms with Crippen LogP contribution in [-0.4, -0.2) is 0 Å². The van der Waals surface area contributed by atoms with Crippen molar-refractivity contribution in [2.75, 3.05) is 4.90 Å². The Morgan fingerprint density at radius 2 is 0.833 bits per heavy atom. The van der Waals surface area contributed by atoms with Crippen molar-refractivity contribution < 1.29 is 0 Å². The topological polar surface area (TPSA) is 3.24 Å². The first kappa shape index (κ1) is 51.3. The molecule has 0 aliphatic heterocycles. The minimum absolute atomic E-state index is 0.0441. The largest absolute Gasteiger partial charge is 0.311 e. The van der Waals surface area contributed by atoms with E-state index in [0.29, 0.717) is 5.92 Å². The Bertz CT molecular complexity index is 2180. The molecule has 356 valence electrons. The van der Waals surface area contributed by atoms with E-state index in [1.807, 2.05) is 0 Å². The van der Waals surface area contributed by atoms with Gasteiger partial charge in [-0.1, -0.05) is 239 Å². The summed E-state index contributed by atoms with van der Waals surface area (Å²) in [5, 5.41) is 0. The first-order valence-electron chi connectivity index (χ1n) is 27.3. The molecule has 1 aliphatic rings. The van der Waals surface area contributed by atoms with Crippen LogP contribution in [0.1, 0.15) is 238 Å². The zero-order chi connectivity index (χ0) is 47.2. The van der Waals surface area contributed by atoms with E-state index in [-0.39, 0.29) is 16.2 Å². The van der Waals surface area contributed by atoms with Crippen molar-refractivity contribution in [2.24, 2.45) is 0 Å². The highest BCUT2D eigenvalue weighted by Crippen LogP contribution is 2.56. The molecular weight excluding hydrogens is 795 g/mol. The number of hydrogen-bond donors (Lipinski definition) is 0. The van der Waals surface area contributed by atoms with Crippen LogP contribution in [0.25, 0.3) is 22.3 Å². The molecule has 1 atom stereocenters. The SMILES string of the molecule is CCCCCCCCC1(CCCCCCCC)c2cc(-c3ccc(N(c4ccc(C(C)CC)cc4)c4ccc(C(C)(C)CCCC)cc4)cc3)ccc2-c2ccc(C(C)(C)CCCC)cc21. The predicted molar refractivity (Wildman–Crippen MR) is 293 cm³/mol. The van der Waals surface area contributed by atoms with E-state index in [2.05, 4.69) is 183 Å². The molecule has 0 aromatic heterocycles. The maximum absolute atomic E-state index is 2.70. The Kier molecular flexibility index (Phi) is 18.9. The van der Waals surface area contributed by atoms with E-state index in [9.17, 15) is 0 Å². The molecule has 1 heteroatoms. The fraction of sp³-hybridized carbons (Fsp3) is 0.538. The second-order valence-corrected chi connectivity index (χ2v) is 21.9. The number of rotatable bonds is 28. The van der Waals surface area contributed by atoms with E-state index in [4.69, 9.17) is 0 Å². The summed E-state index contributed by atoms with van der Waals surface area (Å²) in [4.78, 5) is 2.46. The summed E-state index contributed by atoms with van der Waals surface area (Å²) in [7, 11) is 0. The van der Waals surface area contributed by atoms with Gasteiger partial charge >= 0.3 is 0 Å². The van der Waals surface area contributed by atoms with Crippen LogP contribution in [-0.2, 0) is 16.2 Å². The monoisotopic (exact) mass is 886 g/mol. The van der Waals surface area contributed by atoms with Crippen molar-refractivity contribution in [1.29, 1.82) is 0 Å². The molecule has 0 N–H and O–H groups in total. The second kappa shape index (κ2) is 24.3. The van der Waals surface area contributed by atoms with E-state index < -0.39 is 0 Å². The molecule has 1 nitrogen and oxygen atoms in total. The normalized spacial score (nSPS) is 13.7. The molecule has 5 aromatic carbocycles. The summed E-state index contributed by atoms with van der Waals surface area (Å²) in [6.45, 7) is 23.7. The highest BCUT2D eigenvalue weighted by Gasteiger charge is 2.43. The molecule has 0 bridgehead atoms. The molecule has 0 amide bonds. The highest BCUT2D eigenvalue weighted by molar-refractivity contribution is 5.85. The first-order valence-corrected chi connectivity index (χ1v) is 27.3. The second-order valence-electron chi connectivity index (χ2n) is 21.9. The zero-order valence-electron chi connectivity index (χ0n) is 43.8. The lowest BCUT2D eigenvalue weighted by atomic mass is 9.69. The van der Waals surface area contributed by atoms with Gasteiger partial charge in [0, 0.05) is 22.5 Å². The van der Waals surface area contributed by atoms with Gasteiger partial charge in [-0.2, -0.15) is 0 Å². The number of fused-ring (bicyclic) bond motifs is 3. The third-order valence-electron chi connectivity index (χ3n) is 16.1. The van der Waals surface area contributed by atoms with Crippen molar-refractivity contribution in [2.45, 2.75) is 226 Å². The van der Waals surface area contributed by atoms with Crippen LogP contribution >= 0.6 is 0 Å². The van der Waals surface area contributed by atoms with Crippen molar-refractivity contribution in [1.82, 2.24) is 0 Å². The van der Waals surface area contributed by atoms with Crippen LogP contribution in [0.2, 0.25) is 0 Å². The molecule has 1 unspecified atom stereocenters. The Labute approximate surface area is 405 Å². The van der Waals surface area contributed by atoms with Crippen LogP contribution in [0.15, 0.2) is 109 Å². The number of unbranched alkanes of at least 4 members (excludes halogenated alkanes) is 12. The van der Waals surface area contributed by atoms with Crippen LogP contribution in [0, 0.1) is 0 Å². The average molecular weight is 886 g/mol. The van der Waals surface area contributed by atoms with Crippen LogP contribution < -0.4 is 4.90 Å². The number of hydrogen-bond acceptors (Lipinski definition) is 1. The molecule has 0 fully saturated rings. The number of nitrogens with zero attached hydrogens (tertiary/aromatic N) is 1. The minimum atomic E-state index is 0.0441. The maximum atomic E-state index is 2.70. The summed E-state index contributed by atoms with van der Waals surface area (Å²) >= 11 is 0. The lowest BCUT2D eigenvalue weighted by Gasteiger charge is -2.35. The molecule has 6 rings (SSSR count).